The highest BCUT2D eigenvalue weighted by atomic mass is 35.5. The van der Waals surface area contributed by atoms with Gasteiger partial charge in [-0.15, -0.1) is 11.6 Å². The summed E-state index contributed by atoms with van der Waals surface area (Å²) < 4.78 is 10.4. The summed E-state index contributed by atoms with van der Waals surface area (Å²) >= 11 is 5.97. The molecule has 23 heavy (non-hydrogen) atoms. The highest BCUT2D eigenvalue weighted by Crippen LogP contribution is 2.16. The van der Waals surface area contributed by atoms with Crippen LogP contribution in [0.4, 0.5) is 0 Å². The van der Waals surface area contributed by atoms with Gasteiger partial charge in [-0.1, -0.05) is 12.1 Å². The average molecular weight is 342 g/mol. The van der Waals surface area contributed by atoms with Crippen LogP contribution in [0.5, 0.6) is 5.75 Å². The van der Waals surface area contributed by atoms with E-state index in [1.54, 1.807) is 0 Å². The Hall–Kier alpha value is -1.26. The highest BCUT2D eigenvalue weighted by Gasteiger charge is 2.16. The quantitative estimate of drug-likeness (QED) is 0.509. The zero-order valence-electron chi connectivity index (χ0n) is 14.7. The summed E-state index contributed by atoms with van der Waals surface area (Å²) in [7, 11) is 1.34. The van der Waals surface area contributed by atoms with Crippen LogP contribution in [0.15, 0.2) is 24.3 Å². The molecule has 0 saturated heterocycles. The number of hydrogen-bond acceptors (Lipinski definition) is 4. The lowest BCUT2D eigenvalue weighted by Crippen LogP contribution is -2.39. The lowest BCUT2D eigenvalue weighted by Gasteiger charge is -2.30. The molecule has 0 spiro atoms. The second-order valence-corrected chi connectivity index (χ2v) is 6.64. The van der Waals surface area contributed by atoms with Gasteiger partial charge in [0.1, 0.15) is 17.7 Å². The maximum Gasteiger partial charge on any atom is 0.324 e. The molecule has 0 saturated carbocycles. The molecule has 1 aromatic rings. The molecule has 1 atom stereocenters. The summed E-state index contributed by atoms with van der Waals surface area (Å²) in [5.74, 6) is 0.417. The summed E-state index contributed by atoms with van der Waals surface area (Å²) in [6.07, 6.45) is 0.447. The van der Waals surface area contributed by atoms with Crippen molar-refractivity contribution in [1.29, 1.82) is 0 Å². The Morgan fingerprint density at radius 1 is 1.13 bits per heavy atom. The van der Waals surface area contributed by atoms with Crippen LogP contribution in [-0.4, -0.2) is 48.6 Å². The summed E-state index contributed by atoms with van der Waals surface area (Å²) in [5, 5.41) is -0.655. The maximum absolute atomic E-state index is 11.3. The second kappa shape index (κ2) is 9.78. The van der Waals surface area contributed by atoms with Crippen LogP contribution < -0.4 is 4.74 Å². The molecule has 0 fully saturated rings. The van der Waals surface area contributed by atoms with Crippen LogP contribution >= 0.6 is 11.6 Å². The van der Waals surface area contributed by atoms with Gasteiger partial charge in [-0.3, -0.25) is 9.69 Å². The number of ether oxygens (including phenoxy) is 2. The van der Waals surface area contributed by atoms with Crippen LogP contribution in [0.25, 0.3) is 0 Å². The number of benzene rings is 1. The lowest BCUT2D eigenvalue weighted by molar-refractivity contribution is -0.140. The van der Waals surface area contributed by atoms with Crippen LogP contribution in [0.3, 0.4) is 0 Å². The maximum atomic E-state index is 11.3. The largest absolute Gasteiger partial charge is 0.492 e. The van der Waals surface area contributed by atoms with Gasteiger partial charge < -0.3 is 9.47 Å². The lowest BCUT2D eigenvalue weighted by atomic mass is 10.1. The van der Waals surface area contributed by atoms with Crippen molar-refractivity contribution in [3.63, 3.8) is 0 Å². The van der Waals surface area contributed by atoms with Crippen molar-refractivity contribution >= 4 is 17.6 Å². The fourth-order valence-corrected chi connectivity index (χ4v) is 2.79. The van der Waals surface area contributed by atoms with E-state index in [0.29, 0.717) is 25.1 Å². The van der Waals surface area contributed by atoms with Crippen LogP contribution in [-0.2, 0) is 16.0 Å². The summed E-state index contributed by atoms with van der Waals surface area (Å²) in [4.78, 5) is 13.7. The molecular weight excluding hydrogens is 314 g/mol. The van der Waals surface area contributed by atoms with Crippen molar-refractivity contribution in [3.8, 4) is 5.75 Å². The first-order valence-electron chi connectivity index (χ1n) is 8.04. The van der Waals surface area contributed by atoms with Crippen LogP contribution in [0.1, 0.15) is 33.3 Å². The van der Waals surface area contributed by atoms with Gasteiger partial charge >= 0.3 is 5.97 Å². The van der Waals surface area contributed by atoms with Gasteiger partial charge in [-0.2, -0.15) is 0 Å². The third kappa shape index (κ3) is 6.80. The van der Waals surface area contributed by atoms with E-state index in [0.717, 1.165) is 17.9 Å². The summed E-state index contributed by atoms with van der Waals surface area (Å²) in [6, 6.07) is 8.67. The average Bonchev–Trinajstić information content (AvgIpc) is 2.51. The summed E-state index contributed by atoms with van der Waals surface area (Å²) in [6.45, 7) is 10.3. The predicted molar refractivity (Wildman–Crippen MR) is 94.3 cm³/mol. The Bertz CT molecular complexity index is 466. The fraction of sp³-hybridized carbons (Fsp3) is 0.611. The topological polar surface area (TPSA) is 38.8 Å². The Morgan fingerprint density at radius 2 is 1.70 bits per heavy atom. The molecule has 5 heteroatoms. The number of halogens is 1. The monoisotopic (exact) mass is 341 g/mol. The number of alkyl halides is 1. The molecule has 4 nitrogen and oxygen atoms in total. The third-order valence-electron chi connectivity index (χ3n) is 3.74. The number of rotatable bonds is 9. The first kappa shape index (κ1) is 19.8. The molecule has 0 heterocycles. The second-order valence-electron chi connectivity index (χ2n) is 6.11. The number of nitrogens with zero attached hydrogens (tertiary/aromatic N) is 1. The standard InChI is InChI=1S/C18H28ClNO3/c1-13(2)20(14(3)4)10-11-23-16-8-6-15(7-9-16)12-17(19)18(21)22-5/h6-9,13-14,17H,10-12H2,1-5H3. The first-order chi connectivity index (χ1) is 10.8. The normalized spacial score (nSPS) is 12.7. The SMILES string of the molecule is COC(=O)C(Cl)Cc1ccc(OCCN(C(C)C)C(C)C)cc1. The van der Waals surface area contributed by atoms with Gasteiger partial charge in [0.15, 0.2) is 0 Å². The highest BCUT2D eigenvalue weighted by molar-refractivity contribution is 6.30. The summed E-state index contributed by atoms with van der Waals surface area (Å²) in [5.41, 5.74) is 0.980. The zero-order valence-corrected chi connectivity index (χ0v) is 15.5. The number of esters is 1. The van der Waals surface area contributed by atoms with E-state index >= 15 is 0 Å². The zero-order chi connectivity index (χ0) is 17.4. The smallest absolute Gasteiger partial charge is 0.324 e. The molecule has 1 unspecified atom stereocenters. The molecule has 0 N–H and O–H groups in total. The van der Waals surface area contributed by atoms with E-state index in [-0.39, 0.29) is 0 Å². The van der Waals surface area contributed by atoms with Gasteiger partial charge in [0.2, 0.25) is 0 Å². The van der Waals surface area contributed by atoms with E-state index in [2.05, 4.69) is 37.3 Å². The van der Waals surface area contributed by atoms with Gasteiger partial charge in [-0.25, -0.2) is 0 Å². The third-order valence-corrected chi connectivity index (χ3v) is 4.07. The molecule has 1 aromatic carbocycles. The van der Waals surface area contributed by atoms with E-state index in [4.69, 9.17) is 16.3 Å². The Morgan fingerprint density at radius 3 is 2.17 bits per heavy atom. The first-order valence-corrected chi connectivity index (χ1v) is 8.48. The van der Waals surface area contributed by atoms with Crippen molar-refractivity contribution in [1.82, 2.24) is 4.90 Å². The molecular formula is C18H28ClNO3. The van der Waals surface area contributed by atoms with Gasteiger partial charge in [0.25, 0.3) is 0 Å². The van der Waals surface area contributed by atoms with E-state index in [9.17, 15) is 4.79 Å². The van der Waals surface area contributed by atoms with Crippen molar-refractivity contribution in [3.05, 3.63) is 29.8 Å². The molecule has 1 rings (SSSR count). The Balaban J connectivity index is 2.47. The molecule has 0 amide bonds. The molecule has 0 aliphatic heterocycles. The van der Waals surface area contributed by atoms with Gasteiger partial charge in [0.05, 0.1) is 7.11 Å². The minimum atomic E-state index is -0.655. The number of carbonyl (C=O) groups is 1. The molecule has 0 aromatic heterocycles. The van der Waals surface area contributed by atoms with E-state index < -0.39 is 11.3 Å². The number of hydrogen-bond donors (Lipinski definition) is 0. The molecule has 0 aliphatic carbocycles. The molecule has 130 valence electrons. The minimum Gasteiger partial charge on any atom is -0.492 e. The van der Waals surface area contributed by atoms with E-state index in [1.165, 1.54) is 7.11 Å². The van der Waals surface area contributed by atoms with Crippen LogP contribution in [0.2, 0.25) is 0 Å². The van der Waals surface area contributed by atoms with Crippen molar-refractivity contribution in [2.75, 3.05) is 20.3 Å². The molecule has 0 radical (unpaired) electrons. The number of methoxy groups -OCH3 is 1. The van der Waals surface area contributed by atoms with Crippen molar-refractivity contribution < 1.29 is 14.3 Å². The fourth-order valence-electron chi connectivity index (χ4n) is 2.52. The van der Waals surface area contributed by atoms with Gasteiger partial charge in [-0.05, 0) is 51.8 Å². The van der Waals surface area contributed by atoms with E-state index in [1.807, 2.05) is 24.3 Å². The predicted octanol–water partition coefficient (Wildman–Crippen LogP) is 3.51. The Kier molecular flexibility index (Phi) is 8.42. The van der Waals surface area contributed by atoms with Crippen LogP contribution in [0, 0.1) is 0 Å². The van der Waals surface area contributed by atoms with Crippen molar-refractivity contribution in [2.45, 2.75) is 51.6 Å². The minimum absolute atomic E-state index is 0.408. The molecule has 0 bridgehead atoms. The molecule has 0 aliphatic rings. The number of carbonyl (C=O) groups excluding carboxylic acids is 1. The van der Waals surface area contributed by atoms with Gasteiger partial charge in [0, 0.05) is 18.6 Å². The van der Waals surface area contributed by atoms with Crippen molar-refractivity contribution in [2.24, 2.45) is 0 Å². The Labute approximate surface area is 144 Å².